The lowest BCUT2D eigenvalue weighted by molar-refractivity contribution is -0.146. The van der Waals surface area contributed by atoms with Crippen molar-refractivity contribution in [3.05, 3.63) is 0 Å². The van der Waals surface area contributed by atoms with Crippen molar-refractivity contribution in [1.82, 2.24) is 4.90 Å². The van der Waals surface area contributed by atoms with Crippen LogP contribution in [0.25, 0.3) is 0 Å². The molecule has 0 aromatic rings. The molecular formula is C9H14F3NO3. The van der Waals surface area contributed by atoms with Crippen molar-refractivity contribution in [2.75, 3.05) is 26.3 Å². The second-order valence-electron chi connectivity index (χ2n) is 3.73. The van der Waals surface area contributed by atoms with Crippen LogP contribution in [0.4, 0.5) is 13.2 Å². The summed E-state index contributed by atoms with van der Waals surface area (Å²) in [5.74, 6) is -1.02. The maximum atomic E-state index is 12.0. The molecule has 1 heterocycles. The van der Waals surface area contributed by atoms with Gasteiger partial charge in [-0.1, -0.05) is 0 Å². The van der Waals surface area contributed by atoms with E-state index in [-0.39, 0.29) is 19.6 Å². The molecule has 0 bridgehead atoms. The van der Waals surface area contributed by atoms with Crippen LogP contribution in [0.1, 0.15) is 12.8 Å². The lowest BCUT2D eigenvalue weighted by Gasteiger charge is -2.34. The number of carbonyl (C=O) groups is 1. The number of hydrogen-bond acceptors (Lipinski definition) is 3. The van der Waals surface area contributed by atoms with Gasteiger partial charge < -0.3 is 9.84 Å². The van der Waals surface area contributed by atoms with Crippen molar-refractivity contribution >= 4 is 5.97 Å². The molecule has 0 aliphatic carbocycles. The molecule has 1 saturated heterocycles. The van der Waals surface area contributed by atoms with Gasteiger partial charge in [0.2, 0.25) is 0 Å². The second kappa shape index (κ2) is 5.49. The van der Waals surface area contributed by atoms with E-state index in [9.17, 15) is 18.0 Å². The molecule has 94 valence electrons. The minimum absolute atomic E-state index is 0.162. The first-order chi connectivity index (χ1) is 7.38. The number of nitrogens with zero attached hydrogens (tertiary/aromatic N) is 1. The third-order valence-electron chi connectivity index (χ3n) is 2.44. The van der Waals surface area contributed by atoms with Gasteiger partial charge in [0.1, 0.15) is 0 Å². The fourth-order valence-corrected chi connectivity index (χ4v) is 1.64. The van der Waals surface area contributed by atoms with Crippen LogP contribution in [-0.2, 0) is 9.53 Å². The summed E-state index contributed by atoms with van der Waals surface area (Å²) in [6.07, 6.45) is -5.30. The molecule has 1 aliphatic heterocycles. The van der Waals surface area contributed by atoms with Crippen molar-refractivity contribution < 1.29 is 27.8 Å². The normalized spacial score (nSPS) is 23.3. The topological polar surface area (TPSA) is 49.8 Å². The zero-order chi connectivity index (χ0) is 12.2. The van der Waals surface area contributed by atoms with E-state index in [4.69, 9.17) is 9.84 Å². The quantitative estimate of drug-likeness (QED) is 0.801. The summed E-state index contributed by atoms with van der Waals surface area (Å²) < 4.78 is 41.1. The number of aliphatic carboxylic acids is 1. The van der Waals surface area contributed by atoms with Crippen molar-refractivity contribution in [3.63, 3.8) is 0 Å². The minimum Gasteiger partial charge on any atom is -0.481 e. The van der Waals surface area contributed by atoms with Crippen molar-refractivity contribution in [2.45, 2.75) is 25.1 Å². The fraction of sp³-hybridized carbons (Fsp3) is 0.889. The Bertz CT molecular complexity index is 245. The molecule has 0 aromatic heterocycles. The molecule has 0 spiro atoms. The predicted octanol–water partition coefficient (Wildman–Crippen LogP) is 1.11. The van der Waals surface area contributed by atoms with Crippen LogP contribution < -0.4 is 0 Å². The maximum absolute atomic E-state index is 12.0. The van der Waals surface area contributed by atoms with Crippen LogP contribution in [0.15, 0.2) is 0 Å². The highest BCUT2D eigenvalue weighted by molar-refractivity contribution is 5.67. The summed E-state index contributed by atoms with van der Waals surface area (Å²) in [4.78, 5) is 12.0. The van der Waals surface area contributed by atoms with Gasteiger partial charge in [0.05, 0.1) is 26.1 Å². The summed E-state index contributed by atoms with van der Waals surface area (Å²) in [6, 6.07) is -0.450. The molecule has 1 N–H and O–H groups in total. The number of hydrogen-bond donors (Lipinski definition) is 1. The molecule has 0 aromatic carbocycles. The van der Waals surface area contributed by atoms with Gasteiger partial charge >= 0.3 is 12.1 Å². The number of carboxylic acids is 1. The molecule has 0 radical (unpaired) electrons. The van der Waals surface area contributed by atoms with E-state index in [0.29, 0.717) is 13.2 Å². The standard InChI is InChI=1S/C9H14F3NO3/c10-9(11,12)1-2-13-3-4-16-6-7(13)5-8(14)15/h7H,1-6H2,(H,14,15). The Morgan fingerprint density at radius 3 is 2.75 bits per heavy atom. The highest BCUT2D eigenvalue weighted by atomic mass is 19.4. The van der Waals surface area contributed by atoms with Crippen molar-refractivity contribution in [2.24, 2.45) is 0 Å². The van der Waals surface area contributed by atoms with Gasteiger partial charge in [-0.05, 0) is 0 Å². The highest BCUT2D eigenvalue weighted by Crippen LogP contribution is 2.21. The maximum Gasteiger partial charge on any atom is 0.390 e. The summed E-state index contributed by atoms with van der Waals surface area (Å²) in [6.45, 7) is 0.733. The molecule has 0 saturated carbocycles. The van der Waals surface area contributed by atoms with Gasteiger partial charge in [-0.2, -0.15) is 13.2 Å². The summed E-state index contributed by atoms with van der Waals surface area (Å²) >= 11 is 0. The second-order valence-corrected chi connectivity index (χ2v) is 3.73. The predicted molar refractivity (Wildman–Crippen MR) is 49.1 cm³/mol. The number of alkyl halides is 3. The zero-order valence-electron chi connectivity index (χ0n) is 8.66. The first kappa shape index (κ1) is 13.2. The Labute approximate surface area is 91.0 Å². The van der Waals surface area contributed by atoms with Crippen LogP contribution in [-0.4, -0.2) is 54.5 Å². The first-order valence-corrected chi connectivity index (χ1v) is 4.99. The Hall–Kier alpha value is -0.820. The van der Waals surface area contributed by atoms with Gasteiger partial charge in [-0.25, -0.2) is 0 Å². The molecule has 7 heteroatoms. The van der Waals surface area contributed by atoms with E-state index in [1.54, 1.807) is 0 Å². The Balaban J connectivity index is 2.44. The van der Waals surface area contributed by atoms with Crippen molar-refractivity contribution in [3.8, 4) is 0 Å². The average molecular weight is 241 g/mol. The Morgan fingerprint density at radius 2 is 2.19 bits per heavy atom. The van der Waals surface area contributed by atoms with E-state index in [1.165, 1.54) is 4.90 Å². The number of halogens is 3. The van der Waals surface area contributed by atoms with Gasteiger partial charge in [0.15, 0.2) is 0 Å². The molecule has 4 nitrogen and oxygen atoms in total. The highest BCUT2D eigenvalue weighted by Gasteiger charge is 2.31. The van der Waals surface area contributed by atoms with Crippen LogP contribution in [0, 0.1) is 0 Å². The van der Waals surface area contributed by atoms with Crippen molar-refractivity contribution in [1.29, 1.82) is 0 Å². The van der Waals surface area contributed by atoms with Crippen LogP contribution >= 0.6 is 0 Å². The molecule has 1 rings (SSSR count). The fourth-order valence-electron chi connectivity index (χ4n) is 1.64. The average Bonchev–Trinajstić information content (AvgIpc) is 2.14. The minimum atomic E-state index is -4.20. The van der Waals surface area contributed by atoms with Gasteiger partial charge in [-0.15, -0.1) is 0 Å². The summed E-state index contributed by atoms with van der Waals surface area (Å²) in [7, 11) is 0. The van der Waals surface area contributed by atoms with Gasteiger partial charge in [0, 0.05) is 19.1 Å². The van der Waals surface area contributed by atoms with Gasteiger partial charge in [0.25, 0.3) is 0 Å². The molecule has 1 atom stereocenters. The monoisotopic (exact) mass is 241 g/mol. The largest absolute Gasteiger partial charge is 0.481 e. The van der Waals surface area contributed by atoms with E-state index >= 15 is 0 Å². The molecule has 0 amide bonds. The Kier molecular flexibility index (Phi) is 4.55. The zero-order valence-corrected chi connectivity index (χ0v) is 8.66. The van der Waals surface area contributed by atoms with Crippen LogP contribution in [0.5, 0.6) is 0 Å². The number of morpholine rings is 1. The van der Waals surface area contributed by atoms with E-state index in [1.807, 2.05) is 0 Å². The van der Waals surface area contributed by atoms with Gasteiger partial charge in [-0.3, -0.25) is 9.69 Å². The van der Waals surface area contributed by atoms with Crippen LogP contribution in [0.3, 0.4) is 0 Å². The van der Waals surface area contributed by atoms with E-state index in [0.717, 1.165) is 0 Å². The SMILES string of the molecule is O=C(O)CC1COCCN1CCC(F)(F)F. The molecular weight excluding hydrogens is 227 g/mol. The molecule has 1 fully saturated rings. The van der Waals surface area contributed by atoms with E-state index < -0.39 is 24.6 Å². The lowest BCUT2D eigenvalue weighted by atomic mass is 10.1. The number of carboxylic acid groups (broad SMARTS) is 1. The smallest absolute Gasteiger partial charge is 0.390 e. The van der Waals surface area contributed by atoms with Crippen LogP contribution in [0.2, 0.25) is 0 Å². The first-order valence-electron chi connectivity index (χ1n) is 4.99. The molecule has 1 aliphatic rings. The van der Waals surface area contributed by atoms with E-state index in [2.05, 4.69) is 0 Å². The third-order valence-corrected chi connectivity index (χ3v) is 2.44. The third kappa shape index (κ3) is 4.80. The number of rotatable bonds is 4. The lowest BCUT2D eigenvalue weighted by Crippen LogP contribution is -2.47. The summed E-state index contributed by atoms with van der Waals surface area (Å²) in [5, 5.41) is 8.61. The summed E-state index contributed by atoms with van der Waals surface area (Å²) in [5.41, 5.74) is 0. The molecule has 1 unspecified atom stereocenters. The molecule has 16 heavy (non-hydrogen) atoms. The Morgan fingerprint density at radius 1 is 1.50 bits per heavy atom. The number of ether oxygens (including phenoxy) is 1.